The SMILES string of the molecule is C[C@@H]1CN(c2nc(-c3ccccc3F)ccc2C(=O)NS(=O)(=O)C2=CC=CCC2=O)C(C)(C)C1. The highest BCUT2D eigenvalue weighted by atomic mass is 32.2. The Labute approximate surface area is 198 Å². The maximum atomic E-state index is 14.5. The van der Waals surface area contributed by atoms with Crippen molar-refractivity contribution in [2.24, 2.45) is 5.92 Å². The van der Waals surface area contributed by atoms with Crippen LogP contribution in [-0.4, -0.2) is 37.2 Å². The molecule has 1 aromatic heterocycles. The zero-order valence-electron chi connectivity index (χ0n) is 19.2. The number of sulfonamides is 1. The Morgan fingerprint density at radius 3 is 2.59 bits per heavy atom. The molecule has 2 aromatic rings. The molecule has 1 aromatic carbocycles. The van der Waals surface area contributed by atoms with Crippen LogP contribution in [0.25, 0.3) is 11.3 Å². The highest BCUT2D eigenvalue weighted by Crippen LogP contribution is 2.38. The molecule has 2 aliphatic rings. The van der Waals surface area contributed by atoms with Crippen LogP contribution in [0.2, 0.25) is 0 Å². The third-order valence-corrected chi connectivity index (χ3v) is 7.47. The van der Waals surface area contributed by atoms with Gasteiger partial charge in [0, 0.05) is 24.1 Å². The molecule has 178 valence electrons. The smallest absolute Gasteiger partial charge is 0.268 e. The van der Waals surface area contributed by atoms with Crippen molar-refractivity contribution in [3.8, 4) is 11.3 Å². The molecule has 1 fully saturated rings. The normalized spacial score (nSPS) is 19.8. The number of anilines is 1. The van der Waals surface area contributed by atoms with Crippen LogP contribution in [0, 0.1) is 11.7 Å². The van der Waals surface area contributed by atoms with Crippen molar-refractivity contribution >= 4 is 27.5 Å². The number of pyridine rings is 1. The molecule has 1 amide bonds. The Hall–Kier alpha value is -3.33. The number of aromatic nitrogens is 1. The van der Waals surface area contributed by atoms with E-state index in [-0.39, 0.29) is 28.9 Å². The van der Waals surface area contributed by atoms with Crippen LogP contribution >= 0.6 is 0 Å². The molecule has 1 N–H and O–H groups in total. The minimum atomic E-state index is -4.37. The lowest BCUT2D eigenvalue weighted by atomic mass is 9.97. The minimum absolute atomic E-state index is 0.0326. The van der Waals surface area contributed by atoms with Gasteiger partial charge in [-0.1, -0.05) is 31.2 Å². The van der Waals surface area contributed by atoms with E-state index in [1.807, 2.05) is 23.5 Å². The fourth-order valence-corrected chi connectivity index (χ4v) is 5.71. The predicted octanol–water partition coefficient (Wildman–Crippen LogP) is 3.99. The summed E-state index contributed by atoms with van der Waals surface area (Å²) in [4.78, 5) is 31.4. The van der Waals surface area contributed by atoms with Crippen LogP contribution in [0.4, 0.5) is 10.2 Å². The Morgan fingerprint density at radius 2 is 1.94 bits per heavy atom. The number of amides is 1. The summed E-state index contributed by atoms with van der Waals surface area (Å²) >= 11 is 0. The summed E-state index contributed by atoms with van der Waals surface area (Å²) in [5, 5.41) is 0. The van der Waals surface area contributed by atoms with E-state index in [0.717, 1.165) is 6.42 Å². The number of halogens is 1. The van der Waals surface area contributed by atoms with Crippen molar-refractivity contribution in [3.05, 3.63) is 70.9 Å². The number of rotatable bonds is 5. The van der Waals surface area contributed by atoms with Gasteiger partial charge in [0.05, 0.1) is 11.3 Å². The Bertz CT molecular complexity index is 1330. The van der Waals surface area contributed by atoms with E-state index in [1.165, 1.54) is 30.4 Å². The topological polar surface area (TPSA) is 96.4 Å². The molecule has 1 atom stereocenters. The monoisotopic (exact) mass is 483 g/mol. The number of hydrogen-bond donors (Lipinski definition) is 1. The molecular formula is C25H26FN3O4S. The second-order valence-electron chi connectivity index (χ2n) is 9.30. The van der Waals surface area contributed by atoms with Crippen molar-refractivity contribution in [1.29, 1.82) is 0 Å². The van der Waals surface area contributed by atoms with E-state index in [4.69, 9.17) is 0 Å². The van der Waals surface area contributed by atoms with Gasteiger partial charge in [0.25, 0.3) is 15.9 Å². The summed E-state index contributed by atoms with van der Waals surface area (Å²) in [5.41, 5.74) is 0.280. The van der Waals surface area contributed by atoms with Gasteiger partial charge in [-0.25, -0.2) is 22.5 Å². The van der Waals surface area contributed by atoms with Crippen molar-refractivity contribution in [3.63, 3.8) is 0 Å². The number of Topliss-reactive ketones (excluding diaryl/α,β-unsaturated/α-hetero) is 1. The highest BCUT2D eigenvalue weighted by Gasteiger charge is 2.39. The van der Waals surface area contributed by atoms with Crippen LogP contribution in [0.3, 0.4) is 0 Å². The molecule has 0 unspecified atom stereocenters. The van der Waals surface area contributed by atoms with E-state index in [2.05, 4.69) is 11.9 Å². The van der Waals surface area contributed by atoms with Crippen molar-refractivity contribution in [1.82, 2.24) is 9.71 Å². The summed E-state index contributed by atoms with van der Waals surface area (Å²) in [5.74, 6) is -1.37. The number of nitrogens with one attached hydrogen (secondary N) is 1. The summed E-state index contributed by atoms with van der Waals surface area (Å²) in [6, 6.07) is 9.13. The number of carbonyl (C=O) groups is 2. The van der Waals surface area contributed by atoms with Crippen LogP contribution < -0.4 is 9.62 Å². The van der Waals surface area contributed by atoms with Crippen LogP contribution in [0.1, 0.15) is 44.0 Å². The lowest BCUT2D eigenvalue weighted by Gasteiger charge is -2.34. The lowest BCUT2D eigenvalue weighted by Crippen LogP contribution is -2.41. The molecule has 9 heteroatoms. The number of hydrogen-bond acceptors (Lipinski definition) is 6. The maximum Gasteiger partial charge on any atom is 0.268 e. The van der Waals surface area contributed by atoms with E-state index in [1.54, 1.807) is 24.3 Å². The fourth-order valence-electron chi connectivity index (χ4n) is 4.61. The highest BCUT2D eigenvalue weighted by molar-refractivity contribution is 7.95. The van der Waals surface area contributed by atoms with E-state index in [9.17, 15) is 22.4 Å². The van der Waals surface area contributed by atoms with Crippen molar-refractivity contribution < 1.29 is 22.4 Å². The van der Waals surface area contributed by atoms with Crippen LogP contribution in [0.15, 0.2) is 59.5 Å². The Kier molecular flexibility index (Phi) is 6.16. The van der Waals surface area contributed by atoms with Gasteiger partial charge in [-0.3, -0.25) is 9.59 Å². The molecule has 1 aliphatic heterocycles. The van der Waals surface area contributed by atoms with Gasteiger partial charge in [-0.2, -0.15) is 0 Å². The predicted molar refractivity (Wildman–Crippen MR) is 128 cm³/mol. The molecule has 0 spiro atoms. The van der Waals surface area contributed by atoms with Gasteiger partial charge in [0.15, 0.2) is 5.78 Å². The average molecular weight is 484 g/mol. The molecule has 0 saturated carbocycles. The van der Waals surface area contributed by atoms with Gasteiger partial charge in [-0.15, -0.1) is 0 Å². The summed E-state index contributed by atoms with van der Waals surface area (Å²) in [7, 11) is -4.37. The first-order chi connectivity index (χ1) is 16.0. The van der Waals surface area contributed by atoms with Crippen LogP contribution in [-0.2, 0) is 14.8 Å². The third-order valence-electron chi connectivity index (χ3n) is 6.08. The van der Waals surface area contributed by atoms with E-state index < -0.39 is 32.4 Å². The number of benzene rings is 1. The third kappa shape index (κ3) is 4.52. The molecule has 1 aliphatic carbocycles. The lowest BCUT2D eigenvalue weighted by molar-refractivity contribution is -0.114. The largest absolute Gasteiger partial charge is 0.351 e. The first-order valence-corrected chi connectivity index (χ1v) is 12.5. The average Bonchev–Trinajstić information content (AvgIpc) is 3.05. The summed E-state index contributed by atoms with van der Waals surface area (Å²) in [6.45, 7) is 6.72. The van der Waals surface area contributed by atoms with Gasteiger partial charge in [0.1, 0.15) is 16.5 Å². The molecule has 7 nitrogen and oxygen atoms in total. The number of ketones is 1. The summed E-state index contributed by atoms with van der Waals surface area (Å²) < 4.78 is 42.1. The Balaban J connectivity index is 1.78. The quantitative estimate of drug-likeness (QED) is 0.691. The first-order valence-electron chi connectivity index (χ1n) is 11.0. The number of allylic oxidation sites excluding steroid dienone is 4. The van der Waals surface area contributed by atoms with Gasteiger partial charge in [-0.05, 0) is 56.5 Å². The summed E-state index contributed by atoms with van der Waals surface area (Å²) in [6.07, 6.45) is 4.97. The zero-order chi connectivity index (χ0) is 24.7. The van der Waals surface area contributed by atoms with Crippen LogP contribution in [0.5, 0.6) is 0 Å². The van der Waals surface area contributed by atoms with E-state index in [0.29, 0.717) is 18.2 Å². The van der Waals surface area contributed by atoms with Gasteiger partial charge >= 0.3 is 0 Å². The standard InChI is InChI=1S/C25H26FN3O4S/c1-16-14-25(2,3)29(15-16)23-18(12-13-20(27-23)17-8-4-5-9-19(17)26)24(31)28-34(32,33)22-11-7-6-10-21(22)30/h4-9,11-13,16H,10,14-15H2,1-3H3,(H,28,31)/t16-/m0/s1. The second kappa shape index (κ2) is 8.79. The minimum Gasteiger partial charge on any atom is -0.351 e. The number of carbonyl (C=O) groups excluding carboxylic acids is 2. The molecule has 1 saturated heterocycles. The fraction of sp³-hybridized carbons (Fsp3) is 0.320. The van der Waals surface area contributed by atoms with Gasteiger partial charge in [0.2, 0.25) is 0 Å². The molecule has 0 radical (unpaired) electrons. The molecular weight excluding hydrogens is 457 g/mol. The zero-order valence-corrected chi connectivity index (χ0v) is 20.0. The van der Waals surface area contributed by atoms with E-state index >= 15 is 0 Å². The van der Waals surface area contributed by atoms with Crippen molar-refractivity contribution in [2.45, 2.75) is 39.2 Å². The van der Waals surface area contributed by atoms with Crippen molar-refractivity contribution in [2.75, 3.05) is 11.4 Å². The molecule has 4 rings (SSSR count). The van der Waals surface area contributed by atoms with Gasteiger partial charge < -0.3 is 4.90 Å². The molecule has 34 heavy (non-hydrogen) atoms. The second-order valence-corrected chi connectivity index (χ2v) is 11.0. The molecule has 2 heterocycles. The number of nitrogens with zero attached hydrogens (tertiary/aromatic N) is 2. The Morgan fingerprint density at radius 1 is 1.21 bits per heavy atom. The first kappa shape index (κ1) is 23.8. The molecule has 0 bridgehead atoms. The maximum absolute atomic E-state index is 14.5.